The molecule has 0 saturated carbocycles. The average Bonchev–Trinajstić information content (AvgIpc) is 2.19. The van der Waals surface area contributed by atoms with E-state index in [0.29, 0.717) is 12.2 Å². The lowest BCUT2D eigenvalue weighted by Crippen LogP contribution is -2.42. The number of hydrogen-bond acceptors (Lipinski definition) is 2. The monoisotopic (exact) mass is 229 g/mol. The lowest BCUT2D eigenvalue weighted by molar-refractivity contribution is 0.127. The van der Waals surface area contributed by atoms with Crippen LogP contribution in [0.2, 0.25) is 0 Å². The summed E-state index contributed by atoms with van der Waals surface area (Å²) in [6.07, 6.45) is 0. The highest BCUT2D eigenvalue weighted by Crippen LogP contribution is 2.11. The Hall–Kier alpha value is -1.00. The van der Waals surface area contributed by atoms with Gasteiger partial charge >= 0.3 is 0 Å². The molecule has 16 heavy (non-hydrogen) atoms. The molecule has 0 aliphatic heterocycles. The van der Waals surface area contributed by atoms with Gasteiger partial charge in [-0.15, -0.1) is 0 Å². The Balaban J connectivity index is 2.63. The fraction of sp³-hybridized carbons (Fsp3) is 0.500. The van der Waals surface area contributed by atoms with Gasteiger partial charge in [0.25, 0.3) is 0 Å². The number of methoxy groups -OCH3 is 1. The third-order valence-corrected chi connectivity index (χ3v) is 2.27. The topological polar surface area (TPSA) is 21.3 Å². The molecule has 1 aromatic carbocycles. The molecule has 0 aliphatic rings. The molecule has 0 fully saturated rings. The van der Waals surface area contributed by atoms with Crippen molar-refractivity contribution in [3.05, 3.63) is 35.4 Å². The molecule has 0 heterocycles. The first-order chi connectivity index (χ1) is 7.44. The molecule has 90 valence electrons. The van der Waals surface area contributed by atoms with E-state index in [2.05, 4.69) is 5.32 Å². The van der Waals surface area contributed by atoms with Gasteiger partial charge in [-0.1, -0.05) is 0 Å². The number of rotatable bonds is 5. The number of nitrogens with one attached hydrogen (secondary N) is 1. The first-order valence-electron chi connectivity index (χ1n) is 5.12. The van der Waals surface area contributed by atoms with Gasteiger partial charge in [0.1, 0.15) is 11.6 Å². The molecule has 0 atom stereocenters. The number of benzene rings is 1. The first-order valence-corrected chi connectivity index (χ1v) is 5.12. The van der Waals surface area contributed by atoms with E-state index in [0.717, 1.165) is 12.1 Å². The van der Waals surface area contributed by atoms with Gasteiger partial charge in [-0.25, -0.2) is 8.78 Å². The molecule has 0 spiro atoms. The minimum Gasteiger partial charge on any atom is -0.383 e. The summed E-state index contributed by atoms with van der Waals surface area (Å²) in [7, 11) is 1.60. The van der Waals surface area contributed by atoms with E-state index in [-0.39, 0.29) is 12.1 Å². The second kappa shape index (κ2) is 5.37. The lowest BCUT2D eigenvalue weighted by atomic mass is 10.1. The lowest BCUT2D eigenvalue weighted by Gasteiger charge is -2.25. The Morgan fingerprint density at radius 3 is 2.62 bits per heavy atom. The van der Waals surface area contributed by atoms with Gasteiger partial charge in [0, 0.05) is 24.8 Å². The van der Waals surface area contributed by atoms with Crippen LogP contribution in [0.4, 0.5) is 8.78 Å². The molecule has 0 radical (unpaired) electrons. The highest BCUT2D eigenvalue weighted by Gasteiger charge is 2.17. The Bertz CT molecular complexity index is 353. The maximum atomic E-state index is 13.3. The smallest absolute Gasteiger partial charge is 0.127 e. The van der Waals surface area contributed by atoms with Gasteiger partial charge in [0.05, 0.1) is 6.61 Å². The van der Waals surface area contributed by atoms with Gasteiger partial charge in [-0.2, -0.15) is 0 Å². The van der Waals surface area contributed by atoms with Crippen molar-refractivity contribution >= 4 is 0 Å². The van der Waals surface area contributed by atoms with Gasteiger partial charge in [0.15, 0.2) is 0 Å². The Kier molecular flexibility index (Phi) is 4.38. The number of ether oxygens (including phenoxy) is 1. The van der Waals surface area contributed by atoms with Crippen LogP contribution in [0.1, 0.15) is 19.4 Å². The predicted molar refractivity (Wildman–Crippen MR) is 59.2 cm³/mol. The van der Waals surface area contributed by atoms with Crippen LogP contribution in [-0.2, 0) is 11.3 Å². The van der Waals surface area contributed by atoms with Gasteiger partial charge in [-0.3, -0.25) is 0 Å². The molecular formula is C12H17F2NO. The molecule has 1 rings (SSSR count). The van der Waals surface area contributed by atoms with Crippen LogP contribution in [0.5, 0.6) is 0 Å². The molecule has 2 nitrogen and oxygen atoms in total. The van der Waals surface area contributed by atoms with Gasteiger partial charge in [0.2, 0.25) is 0 Å². The third kappa shape index (κ3) is 3.87. The third-order valence-electron chi connectivity index (χ3n) is 2.27. The van der Waals surface area contributed by atoms with Crippen molar-refractivity contribution in [2.45, 2.75) is 25.9 Å². The molecule has 0 aromatic heterocycles. The zero-order valence-corrected chi connectivity index (χ0v) is 9.81. The van der Waals surface area contributed by atoms with Crippen LogP contribution in [-0.4, -0.2) is 19.3 Å². The molecule has 0 amide bonds. The fourth-order valence-electron chi connectivity index (χ4n) is 1.43. The summed E-state index contributed by atoms with van der Waals surface area (Å²) in [5.74, 6) is -0.829. The summed E-state index contributed by atoms with van der Waals surface area (Å²) >= 11 is 0. The summed E-state index contributed by atoms with van der Waals surface area (Å²) in [4.78, 5) is 0. The predicted octanol–water partition coefficient (Wildman–Crippen LogP) is 2.48. The molecule has 0 saturated heterocycles. The standard InChI is InChI=1S/C12H17F2NO/c1-12(2,8-16-3)15-7-9-6-10(13)4-5-11(9)14/h4-6,15H,7-8H2,1-3H3. The molecular weight excluding hydrogens is 212 g/mol. The zero-order chi connectivity index (χ0) is 12.2. The Labute approximate surface area is 94.6 Å². The van der Waals surface area contributed by atoms with Crippen LogP contribution in [0.25, 0.3) is 0 Å². The van der Waals surface area contributed by atoms with E-state index in [9.17, 15) is 8.78 Å². The van der Waals surface area contributed by atoms with Crippen molar-refractivity contribution in [2.24, 2.45) is 0 Å². The molecule has 1 N–H and O–H groups in total. The zero-order valence-electron chi connectivity index (χ0n) is 9.81. The second-order valence-corrected chi connectivity index (χ2v) is 4.41. The van der Waals surface area contributed by atoms with Crippen LogP contribution in [0.3, 0.4) is 0 Å². The average molecular weight is 229 g/mol. The summed E-state index contributed by atoms with van der Waals surface area (Å²) in [6, 6.07) is 3.44. The number of hydrogen-bond donors (Lipinski definition) is 1. The van der Waals surface area contributed by atoms with Crippen molar-refractivity contribution in [3.63, 3.8) is 0 Å². The van der Waals surface area contributed by atoms with Crippen molar-refractivity contribution in [1.82, 2.24) is 5.32 Å². The summed E-state index contributed by atoms with van der Waals surface area (Å²) in [5, 5.41) is 3.11. The summed E-state index contributed by atoms with van der Waals surface area (Å²) in [6.45, 7) is 4.66. The summed E-state index contributed by atoms with van der Waals surface area (Å²) in [5.41, 5.74) is 0.0530. The van der Waals surface area contributed by atoms with Crippen LogP contribution < -0.4 is 5.32 Å². The van der Waals surface area contributed by atoms with Gasteiger partial charge < -0.3 is 10.1 Å². The van der Waals surface area contributed by atoms with E-state index in [1.807, 2.05) is 13.8 Å². The van der Waals surface area contributed by atoms with Crippen LogP contribution >= 0.6 is 0 Å². The normalized spacial score (nSPS) is 11.8. The fourth-order valence-corrected chi connectivity index (χ4v) is 1.43. The van der Waals surface area contributed by atoms with Crippen molar-refractivity contribution < 1.29 is 13.5 Å². The van der Waals surface area contributed by atoms with E-state index >= 15 is 0 Å². The summed E-state index contributed by atoms with van der Waals surface area (Å²) < 4.78 is 31.2. The van der Waals surface area contributed by atoms with Crippen LogP contribution in [0, 0.1) is 11.6 Å². The van der Waals surface area contributed by atoms with Crippen LogP contribution in [0.15, 0.2) is 18.2 Å². The highest BCUT2D eigenvalue weighted by molar-refractivity contribution is 5.18. The Morgan fingerprint density at radius 1 is 1.31 bits per heavy atom. The molecule has 0 aliphatic carbocycles. The maximum absolute atomic E-state index is 13.3. The van der Waals surface area contributed by atoms with Crippen molar-refractivity contribution in [3.8, 4) is 0 Å². The minimum absolute atomic E-state index is 0.270. The van der Waals surface area contributed by atoms with Crippen molar-refractivity contribution in [2.75, 3.05) is 13.7 Å². The number of halogens is 2. The minimum atomic E-state index is -0.428. The maximum Gasteiger partial charge on any atom is 0.127 e. The van der Waals surface area contributed by atoms with E-state index < -0.39 is 11.6 Å². The van der Waals surface area contributed by atoms with Crippen molar-refractivity contribution in [1.29, 1.82) is 0 Å². The SMILES string of the molecule is COCC(C)(C)NCc1cc(F)ccc1F. The quantitative estimate of drug-likeness (QED) is 0.837. The van der Waals surface area contributed by atoms with E-state index in [4.69, 9.17) is 4.74 Å². The molecule has 0 bridgehead atoms. The molecule has 0 unspecified atom stereocenters. The largest absolute Gasteiger partial charge is 0.383 e. The molecule has 1 aromatic rings. The highest BCUT2D eigenvalue weighted by atomic mass is 19.1. The Morgan fingerprint density at radius 2 is 2.00 bits per heavy atom. The van der Waals surface area contributed by atoms with Gasteiger partial charge in [-0.05, 0) is 32.0 Å². The molecule has 4 heteroatoms. The first kappa shape index (κ1) is 13.1. The second-order valence-electron chi connectivity index (χ2n) is 4.41. The van der Waals surface area contributed by atoms with E-state index in [1.54, 1.807) is 7.11 Å². The van der Waals surface area contributed by atoms with E-state index in [1.165, 1.54) is 6.07 Å².